The molecule has 0 radical (unpaired) electrons. The Morgan fingerprint density at radius 1 is 1.42 bits per heavy atom. The highest BCUT2D eigenvalue weighted by Gasteiger charge is 2.12. The number of aryl methyl sites for hydroxylation is 1. The highest BCUT2D eigenvalue weighted by Crippen LogP contribution is 2.28. The van der Waals surface area contributed by atoms with Crippen LogP contribution in [-0.4, -0.2) is 9.91 Å². The summed E-state index contributed by atoms with van der Waals surface area (Å²) in [6.45, 7) is 1.59. The van der Waals surface area contributed by atoms with Crippen LogP contribution in [0.15, 0.2) is 30.5 Å². The van der Waals surface area contributed by atoms with Gasteiger partial charge >= 0.3 is 0 Å². The predicted octanol–water partition coefficient (Wildman–Crippen LogP) is 3.88. The van der Waals surface area contributed by atoms with E-state index in [1.54, 1.807) is 6.92 Å². The molecule has 0 atom stereocenters. The highest BCUT2D eigenvalue weighted by atomic mass is 35.5. The Balaban J connectivity index is 2.31. The first-order valence-corrected chi connectivity index (χ1v) is 5.59. The second-order valence-electron chi connectivity index (χ2n) is 3.75. The number of ether oxygens (including phenoxy) is 1. The van der Waals surface area contributed by atoms with Crippen molar-refractivity contribution in [1.29, 1.82) is 0 Å². The summed E-state index contributed by atoms with van der Waals surface area (Å²) in [5, 5.41) is 10.8. The van der Waals surface area contributed by atoms with E-state index in [1.807, 2.05) is 0 Å². The van der Waals surface area contributed by atoms with E-state index in [0.717, 1.165) is 12.3 Å². The Morgan fingerprint density at radius 3 is 2.74 bits per heavy atom. The van der Waals surface area contributed by atoms with Crippen molar-refractivity contribution in [3.8, 4) is 11.6 Å². The number of hydrogen-bond acceptors (Lipinski definition) is 4. The first-order valence-electron chi connectivity index (χ1n) is 5.21. The number of aromatic nitrogens is 1. The van der Waals surface area contributed by atoms with Gasteiger partial charge in [0.25, 0.3) is 5.69 Å². The van der Waals surface area contributed by atoms with E-state index < -0.39 is 10.7 Å². The van der Waals surface area contributed by atoms with Crippen LogP contribution in [0.3, 0.4) is 0 Å². The maximum absolute atomic E-state index is 13.5. The Bertz CT molecular complexity index is 649. The fourth-order valence-corrected chi connectivity index (χ4v) is 1.58. The molecule has 1 aromatic carbocycles. The number of pyridine rings is 1. The molecule has 0 unspecified atom stereocenters. The third-order valence-electron chi connectivity index (χ3n) is 2.33. The molecule has 2 rings (SSSR count). The molecule has 19 heavy (non-hydrogen) atoms. The van der Waals surface area contributed by atoms with Crippen molar-refractivity contribution in [3.63, 3.8) is 0 Å². The minimum Gasteiger partial charge on any atom is -0.436 e. The van der Waals surface area contributed by atoms with Gasteiger partial charge in [-0.3, -0.25) is 10.1 Å². The molecule has 98 valence electrons. The molecule has 0 spiro atoms. The first kappa shape index (κ1) is 13.2. The number of nitrogens with zero attached hydrogens (tertiary/aromatic N) is 2. The lowest BCUT2D eigenvalue weighted by Crippen LogP contribution is -1.96. The molecule has 0 aliphatic heterocycles. The second-order valence-corrected chi connectivity index (χ2v) is 4.19. The summed E-state index contributed by atoms with van der Waals surface area (Å²) in [6, 6.07) is 5.24. The first-order chi connectivity index (χ1) is 8.97. The molecule has 0 N–H and O–H groups in total. The molecule has 0 saturated carbocycles. The molecular formula is C12H8ClFN2O3. The fraction of sp³-hybridized carbons (Fsp3) is 0.0833. The van der Waals surface area contributed by atoms with Crippen molar-refractivity contribution in [2.24, 2.45) is 0 Å². The topological polar surface area (TPSA) is 65.3 Å². The summed E-state index contributed by atoms with van der Waals surface area (Å²) >= 11 is 5.62. The molecule has 0 aliphatic rings. The van der Waals surface area contributed by atoms with Gasteiger partial charge in [0.1, 0.15) is 6.20 Å². The molecule has 2 aromatic rings. The maximum Gasteiger partial charge on any atom is 0.288 e. The Kier molecular flexibility index (Phi) is 3.62. The second kappa shape index (κ2) is 5.19. The Hall–Kier alpha value is -2.21. The Morgan fingerprint density at radius 2 is 2.16 bits per heavy atom. The smallest absolute Gasteiger partial charge is 0.288 e. The average molecular weight is 283 g/mol. The van der Waals surface area contributed by atoms with Crippen molar-refractivity contribution in [2.75, 3.05) is 0 Å². The summed E-state index contributed by atoms with van der Waals surface area (Å²) in [5.41, 5.74) is 0.282. The van der Waals surface area contributed by atoms with Crippen molar-refractivity contribution in [1.82, 2.24) is 4.98 Å². The van der Waals surface area contributed by atoms with Gasteiger partial charge in [0.15, 0.2) is 11.6 Å². The zero-order valence-electron chi connectivity index (χ0n) is 9.76. The monoisotopic (exact) mass is 282 g/mol. The van der Waals surface area contributed by atoms with Crippen LogP contribution in [0.25, 0.3) is 0 Å². The zero-order valence-corrected chi connectivity index (χ0v) is 10.5. The van der Waals surface area contributed by atoms with Crippen LogP contribution in [0.5, 0.6) is 11.6 Å². The van der Waals surface area contributed by atoms with Crippen LogP contribution in [0.1, 0.15) is 5.56 Å². The summed E-state index contributed by atoms with van der Waals surface area (Å²) in [6.07, 6.45) is 1.05. The number of rotatable bonds is 3. The van der Waals surface area contributed by atoms with Gasteiger partial charge in [-0.1, -0.05) is 11.6 Å². The van der Waals surface area contributed by atoms with E-state index in [-0.39, 0.29) is 22.3 Å². The van der Waals surface area contributed by atoms with E-state index in [0.29, 0.717) is 5.56 Å². The van der Waals surface area contributed by atoms with Crippen molar-refractivity contribution in [3.05, 3.63) is 57.0 Å². The normalized spacial score (nSPS) is 10.3. The predicted molar refractivity (Wildman–Crippen MR) is 67.1 cm³/mol. The SMILES string of the molecule is Cc1cc([N+](=O)[O-])cnc1Oc1ccc(Cl)cc1F. The fourth-order valence-electron chi connectivity index (χ4n) is 1.42. The van der Waals surface area contributed by atoms with E-state index in [9.17, 15) is 14.5 Å². The molecule has 0 fully saturated rings. The summed E-state index contributed by atoms with van der Waals surface area (Å²) in [7, 11) is 0. The summed E-state index contributed by atoms with van der Waals surface area (Å²) in [4.78, 5) is 13.8. The quantitative estimate of drug-likeness (QED) is 0.633. The van der Waals surface area contributed by atoms with Gasteiger partial charge in [-0.15, -0.1) is 0 Å². The Labute approximate surface area is 112 Å². The van der Waals surface area contributed by atoms with Gasteiger partial charge in [0.2, 0.25) is 5.88 Å². The van der Waals surface area contributed by atoms with Crippen LogP contribution in [0, 0.1) is 22.9 Å². The van der Waals surface area contributed by atoms with Gasteiger partial charge in [-0.25, -0.2) is 9.37 Å². The maximum atomic E-state index is 13.5. The molecule has 0 saturated heterocycles. The lowest BCUT2D eigenvalue weighted by molar-refractivity contribution is -0.385. The van der Waals surface area contributed by atoms with E-state index in [4.69, 9.17) is 16.3 Å². The highest BCUT2D eigenvalue weighted by molar-refractivity contribution is 6.30. The van der Waals surface area contributed by atoms with Gasteiger partial charge in [0, 0.05) is 16.7 Å². The summed E-state index contributed by atoms with van der Waals surface area (Å²) in [5.74, 6) is -0.576. The van der Waals surface area contributed by atoms with E-state index in [2.05, 4.69) is 4.98 Å². The number of halogens is 2. The molecule has 7 heteroatoms. The molecular weight excluding hydrogens is 275 g/mol. The van der Waals surface area contributed by atoms with Crippen molar-refractivity contribution in [2.45, 2.75) is 6.92 Å². The largest absolute Gasteiger partial charge is 0.436 e. The zero-order chi connectivity index (χ0) is 14.0. The number of hydrogen-bond donors (Lipinski definition) is 0. The standard InChI is InChI=1S/C12H8ClFN2O3/c1-7-4-9(16(17)18)6-15-12(7)19-11-3-2-8(13)5-10(11)14/h2-6H,1H3. The molecule has 1 heterocycles. The van der Waals surface area contributed by atoms with Crippen LogP contribution >= 0.6 is 11.6 Å². The van der Waals surface area contributed by atoms with Crippen LogP contribution in [-0.2, 0) is 0 Å². The lowest BCUT2D eigenvalue weighted by atomic mass is 10.3. The summed E-state index contributed by atoms with van der Waals surface area (Å²) < 4.78 is 18.8. The number of benzene rings is 1. The average Bonchev–Trinajstić information content (AvgIpc) is 2.34. The lowest BCUT2D eigenvalue weighted by Gasteiger charge is -2.08. The molecule has 1 aromatic heterocycles. The van der Waals surface area contributed by atoms with Crippen LogP contribution < -0.4 is 4.74 Å². The molecule has 5 nitrogen and oxygen atoms in total. The van der Waals surface area contributed by atoms with Crippen LogP contribution in [0.2, 0.25) is 5.02 Å². The third-order valence-corrected chi connectivity index (χ3v) is 2.56. The minimum atomic E-state index is -0.632. The number of nitro groups is 1. The van der Waals surface area contributed by atoms with Gasteiger partial charge in [-0.2, -0.15) is 0 Å². The van der Waals surface area contributed by atoms with E-state index >= 15 is 0 Å². The van der Waals surface area contributed by atoms with Crippen molar-refractivity contribution < 1.29 is 14.1 Å². The van der Waals surface area contributed by atoms with Gasteiger partial charge in [0.05, 0.1) is 4.92 Å². The van der Waals surface area contributed by atoms with Crippen molar-refractivity contribution >= 4 is 17.3 Å². The van der Waals surface area contributed by atoms with E-state index in [1.165, 1.54) is 18.2 Å². The third kappa shape index (κ3) is 2.97. The molecule has 0 bridgehead atoms. The molecule has 0 aliphatic carbocycles. The molecule has 0 amide bonds. The van der Waals surface area contributed by atoms with Gasteiger partial charge < -0.3 is 4.74 Å². The van der Waals surface area contributed by atoms with Gasteiger partial charge in [-0.05, 0) is 25.1 Å². The van der Waals surface area contributed by atoms with Crippen LogP contribution in [0.4, 0.5) is 10.1 Å². The minimum absolute atomic E-state index is 0.0474.